The molecule has 5 rings (SSSR count). The van der Waals surface area contributed by atoms with Crippen molar-refractivity contribution in [3.05, 3.63) is 66.3 Å². The lowest BCUT2D eigenvalue weighted by atomic mass is 9.56. The quantitative estimate of drug-likeness (QED) is 0.0360. The monoisotopic (exact) mass is 935 g/mol. The predicted molar refractivity (Wildman–Crippen MR) is 269 cm³/mol. The van der Waals surface area contributed by atoms with Gasteiger partial charge in [0.1, 0.15) is 29.6 Å². The van der Waals surface area contributed by atoms with E-state index in [1.54, 1.807) is 37.5 Å². The van der Waals surface area contributed by atoms with E-state index in [1.807, 2.05) is 30.8 Å². The Labute approximate surface area is 400 Å². The summed E-state index contributed by atoms with van der Waals surface area (Å²) in [5.74, 6) is 1.98. The van der Waals surface area contributed by atoms with Gasteiger partial charge in [0.05, 0.1) is 43.4 Å². The summed E-state index contributed by atoms with van der Waals surface area (Å²) in [6.07, 6.45) is 27.6. The van der Waals surface area contributed by atoms with Crippen LogP contribution in [0.2, 0.25) is 0 Å². The minimum atomic E-state index is -1.04. The second-order valence-corrected chi connectivity index (χ2v) is 19.5. The van der Waals surface area contributed by atoms with Gasteiger partial charge in [-0.15, -0.1) is 6.58 Å². The van der Waals surface area contributed by atoms with Gasteiger partial charge in [0, 0.05) is 37.2 Å². The average Bonchev–Trinajstić information content (AvgIpc) is 3.33. The molecule has 1 aliphatic heterocycles. The second-order valence-electron chi connectivity index (χ2n) is 18.2. The summed E-state index contributed by atoms with van der Waals surface area (Å²) in [6.45, 7) is 9.34. The maximum Gasteiger partial charge on any atom is 0.417 e. The Morgan fingerprint density at radius 2 is 1.52 bits per heavy atom. The van der Waals surface area contributed by atoms with Crippen LogP contribution in [0.5, 0.6) is 23.0 Å². The van der Waals surface area contributed by atoms with E-state index in [0.29, 0.717) is 61.2 Å². The molecule has 1 saturated carbocycles. The predicted octanol–water partition coefficient (Wildman–Crippen LogP) is 13.2. The first-order valence-electron chi connectivity index (χ1n) is 25.4. The van der Waals surface area contributed by atoms with Crippen LogP contribution in [0, 0.1) is 17.8 Å². The standard InChI is InChI=1S/C54H82N2O9S/c1-6-9-10-11-12-13-14-15-16-17-18-19-20-25-35-66-50-39-47(56-63-8-3)44-36-40(26-21-23-32-57)43(27-22-24-33-58)51-45-37-42(29-31-48(45)65-54(50,52(44)51)62-34-7-2)64-53(59)55-46-30-28-41(60-4)38-49(46)61-5/h7,28-31,36-38,40,43,50-52,57-58H,2,6,8-27,32-35,39H2,1,3-5H3,(H,55,59). The number of rotatable bonds is 33. The van der Waals surface area contributed by atoms with Crippen LogP contribution in [-0.2, 0) is 9.57 Å². The van der Waals surface area contributed by atoms with E-state index in [1.165, 1.54) is 90.6 Å². The van der Waals surface area contributed by atoms with Crippen molar-refractivity contribution in [2.75, 3.05) is 51.7 Å². The average molecular weight is 935 g/mol. The molecular weight excluding hydrogens is 853 g/mol. The number of methoxy groups -OCH3 is 2. The summed E-state index contributed by atoms with van der Waals surface area (Å²) in [5, 5.41) is 27.4. The van der Waals surface area contributed by atoms with E-state index in [4.69, 9.17) is 33.7 Å². The summed E-state index contributed by atoms with van der Waals surface area (Å²) in [5.41, 5.74) is 3.41. The molecule has 2 aromatic carbocycles. The molecule has 0 saturated heterocycles. The molecule has 11 nitrogen and oxygen atoms in total. The molecule has 1 amide bonds. The highest BCUT2D eigenvalue weighted by molar-refractivity contribution is 8.00. The smallest absolute Gasteiger partial charge is 0.417 e. The molecule has 3 N–H and O–H groups in total. The van der Waals surface area contributed by atoms with Crippen molar-refractivity contribution in [1.29, 1.82) is 0 Å². The molecule has 1 heterocycles. The molecule has 2 aromatic rings. The minimum absolute atomic E-state index is 0.0957. The van der Waals surface area contributed by atoms with Crippen molar-refractivity contribution in [1.82, 2.24) is 0 Å². The van der Waals surface area contributed by atoms with Crippen molar-refractivity contribution in [2.45, 2.75) is 166 Å². The zero-order chi connectivity index (χ0) is 47.0. The molecule has 368 valence electrons. The molecule has 66 heavy (non-hydrogen) atoms. The van der Waals surface area contributed by atoms with Crippen LogP contribution < -0.4 is 24.3 Å². The summed E-state index contributed by atoms with van der Waals surface area (Å²) in [4.78, 5) is 19.4. The van der Waals surface area contributed by atoms with Gasteiger partial charge in [-0.2, -0.15) is 11.8 Å². The van der Waals surface area contributed by atoms with E-state index >= 15 is 0 Å². The number of benzene rings is 2. The topological polar surface area (TPSA) is 137 Å². The molecular formula is C54H82N2O9S. The van der Waals surface area contributed by atoms with Gasteiger partial charge in [0.15, 0.2) is 0 Å². The molecule has 12 heteroatoms. The third kappa shape index (κ3) is 14.9. The Hall–Kier alpha value is -3.71. The van der Waals surface area contributed by atoms with E-state index < -0.39 is 11.9 Å². The second kappa shape index (κ2) is 29.2. The van der Waals surface area contributed by atoms with Gasteiger partial charge in [0.25, 0.3) is 0 Å². The fourth-order valence-electron chi connectivity index (χ4n) is 10.3. The van der Waals surface area contributed by atoms with Gasteiger partial charge in [-0.1, -0.05) is 121 Å². The molecule has 1 fully saturated rings. The lowest BCUT2D eigenvalue weighted by molar-refractivity contribution is -0.223. The molecule has 3 aliphatic rings. The number of oxime groups is 1. The summed E-state index contributed by atoms with van der Waals surface area (Å²) < 4.78 is 31.3. The Kier molecular flexibility index (Phi) is 23.6. The Balaban J connectivity index is 1.42. The van der Waals surface area contributed by atoms with E-state index in [9.17, 15) is 15.0 Å². The number of carbonyl (C=O) groups excluding carboxylic acids is 1. The number of unbranched alkanes of at least 4 members (excludes halogenated alkanes) is 15. The Morgan fingerprint density at radius 1 is 0.848 bits per heavy atom. The van der Waals surface area contributed by atoms with Crippen molar-refractivity contribution < 1.29 is 43.5 Å². The highest BCUT2D eigenvalue weighted by Gasteiger charge is 2.64. The molecule has 2 aliphatic carbocycles. The number of ether oxygens (including phenoxy) is 5. The number of carbonyl (C=O) groups is 1. The van der Waals surface area contributed by atoms with Crippen LogP contribution in [0.4, 0.5) is 10.5 Å². The molecule has 0 aromatic heterocycles. The first-order chi connectivity index (χ1) is 32.4. The maximum absolute atomic E-state index is 13.5. The van der Waals surface area contributed by atoms with Crippen LogP contribution in [-0.4, -0.2) is 79.5 Å². The van der Waals surface area contributed by atoms with Crippen molar-refractivity contribution >= 4 is 29.3 Å². The van der Waals surface area contributed by atoms with Gasteiger partial charge in [0.2, 0.25) is 5.79 Å². The van der Waals surface area contributed by atoms with Crippen LogP contribution in [0.25, 0.3) is 0 Å². The van der Waals surface area contributed by atoms with Crippen molar-refractivity contribution in [2.24, 2.45) is 22.9 Å². The van der Waals surface area contributed by atoms with Crippen LogP contribution in [0.15, 0.2) is 65.9 Å². The molecule has 0 radical (unpaired) electrons. The lowest BCUT2D eigenvalue weighted by Gasteiger charge is -2.58. The number of allylic oxidation sites excluding steroid dienone is 1. The molecule has 6 atom stereocenters. The summed E-state index contributed by atoms with van der Waals surface area (Å²) >= 11 is 1.92. The van der Waals surface area contributed by atoms with Gasteiger partial charge >= 0.3 is 6.09 Å². The number of fused-ring (bicyclic) bond motifs is 2. The zero-order valence-electron chi connectivity index (χ0n) is 40.7. The third-order valence-corrected chi connectivity index (χ3v) is 15.0. The highest BCUT2D eigenvalue weighted by Crippen LogP contribution is 2.62. The molecule has 0 spiro atoms. The number of hydrogen-bond donors (Lipinski definition) is 3. The van der Waals surface area contributed by atoms with Crippen molar-refractivity contribution in [3.63, 3.8) is 0 Å². The van der Waals surface area contributed by atoms with E-state index in [0.717, 1.165) is 54.7 Å². The summed E-state index contributed by atoms with van der Waals surface area (Å²) in [6, 6.07) is 10.8. The van der Waals surface area contributed by atoms with E-state index in [-0.39, 0.29) is 42.1 Å². The van der Waals surface area contributed by atoms with Gasteiger partial charge < -0.3 is 38.7 Å². The summed E-state index contributed by atoms with van der Waals surface area (Å²) in [7, 11) is 3.11. The Bertz CT molecular complexity index is 1820. The Morgan fingerprint density at radius 3 is 2.15 bits per heavy atom. The van der Waals surface area contributed by atoms with E-state index in [2.05, 4.69) is 24.9 Å². The van der Waals surface area contributed by atoms with Gasteiger partial charge in [-0.3, -0.25) is 5.32 Å². The van der Waals surface area contributed by atoms with Crippen LogP contribution >= 0.6 is 11.8 Å². The first-order valence-corrected chi connectivity index (χ1v) is 26.5. The number of nitrogens with one attached hydrogen (secondary N) is 1. The van der Waals surface area contributed by atoms with Crippen molar-refractivity contribution in [3.8, 4) is 23.0 Å². The largest absolute Gasteiger partial charge is 0.497 e. The fourth-order valence-corrected chi connectivity index (χ4v) is 11.8. The number of thioether (sulfide) groups is 1. The van der Waals surface area contributed by atoms with Crippen LogP contribution in [0.3, 0.4) is 0 Å². The fraction of sp³-hybridized carbons (Fsp3) is 0.667. The number of nitrogens with zero attached hydrogens (tertiary/aromatic N) is 1. The lowest BCUT2D eigenvalue weighted by Crippen LogP contribution is -2.64. The highest BCUT2D eigenvalue weighted by atomic mass is 32.2. The first kappa shape index (κ1) is 53.2. The van der Waals surface area contributed by atoms with Gasteiger partial charge in [-0.25, -0.2) is 4.79 Å². The third-order valence-electron chi connectivity index (χ3n) is 13.6. The molecule has 6 unspecified atom stereocenters. The SMILES string of the molecule is C=CCOC12Oc3ccc(OC(=O)Nc4ccc(OC)cc4OC)cc3C3C(CCCCO)C(CCCCO)C=C(C(=NOCC)CC1SCCCCCCCCCCCCCCCC)C32. The number of anilines is 1. The van der Waals surface area contributed by atoms with Crippen LogP contribution in [0.1, 0.15) is 160 Å². The number of aliphatic hydroxyl groups is 2. The normalized spacial score (nSPS) is 22.4. The number of hydrogen-bond acceptors (Lipinski definition) is 11. The minimum Gasteiger partial charge on any atom is -0.497 e. The number of amides is 1. The number of aliphatic hydroxyl groups excluding tert-OH is 2. The van der Waals surface area contributed by atoms with Gasteiger partial charge in [-0.05, 0) is 92.5 Å². The molecule has 0 bridgehead atoms. The maximum atomic E-state index is 13.5. The zero-order valence-corrected chi connectivity index (χ0v) is 41.5.